The molecular weight excluding hydrogens is 374 g/mol. The Balaban J connectivity index is 1.33. The van der Waals surface area contributed by atoms with Gasteiger partial charge in [0.25, 0.3) is 0 Å². The van der Waals surface area contributed by atoms with Crippen molar-refractivity contribution < 1.29 is 9.84 Å². The molecule has 0 spiro atoms. The lowest BCUT2D eigenvalue weighted by Gasteiger charge is -2.25. The number of benzene rings is 2. The van der Waals surface area contributed by atoms with Gasteiger partial charge in [-0.2, -0.15) is 0 Å². The van der Waals surface area contributed by atoms with Crippen LogP contribution < -0.4 is 5.32 Å². The molecular formula is C25H33N3O2. The molecule has 5 nitrogen and oxygen atoms in total. The fourth-order valence-electron chi connectivity index (χ4n) is 4.54. The van der Waals surface area contributed by atoms with Crippen LogP contribution in [0.2, 0.25) is 0 Å². The summed E-state index contributed by atoms with van der Waals surface area (Å²) in [5.74, 6) is 1.41. The van der Waals surface area contributed by atoms with Crippen LogP contribution in [0.5, 0.6) is 0 Å². The van der Waals surface area contributed by atoms with E-state index in [2.05, 4.69) is 35.3 Å². The summed E-state index contributed by atoms with van der Waals surface area (Å²) in [4.78, 5) is 7.16. The molecule has 2 unspecified atom stereocenters. The predicted molar refractivity (Wildman–Crippen MR) is 120 cm³/mol. The summed E-state index contributed by atoms with van der Waals surface area (Å²) in [6, 6.07) is 18.5. The molecule has 1 aliphatic carbocycles. The van der Waals surface area contributed by atoms with Crippen LogP contribution in [0.3, 0.4) is 0 Å². The van der Waals surface area contributed by atoms with Crippen molar-refractivity contribution in [3.63, 3.8) is 0 Å². The van der Waals surface area contributed by atoms with Gasteiger partial charge in [-0.05, 0) is 42.9 Å². The zero-order valence-electron chi connectivity index (χ0n) is 17.9. The van der Waals surface area contributed by atoms with E-state index in [1.165, 1.54) is 11.1 Å². The van der Waals surface area contributed by atoms with E-state index in [0.717, 1.165) is 57.0 Å². The molecule has 2 aromatic rings. The second kappa shape index (κ2) is 9.63. The van der Waals surface area contributed by atoms with Crippen LogP contribution in [-0.4, -0.2) is 48.8 Å². The Morgan fingerprint density at radius 3 is 2.83 bits per heavy atom. The number of fused-ring (bicyclic) bond motifs is 1. The third-order valence-electron chi connectivity index (χ3n) is 6.20. The van der Waals surface area contributed by atoms with Crippen LogP contribution >= 0.6 is 0 Å². The lowest BCUT2D eigenvalue weighted by Crippen LogP contribution is -2.41. The molecule has 1 heterocycles. The normalized spacial score (nSPS) is 23.6. The average Bonchev–Trinajstić information content (AvgIpc) is 3.38. The third-order valence-corrected chi connectivity index (χ3v) is 6.20. The summed E-state index contributed by atoms with van der Waals surface area (Å²) in [5.41, 5.74) is 2.65. The second-order valence-corrected chi connectivity index (χ2v) is 8.46. The number of nitrogens with one attached hydrogen (secondary N) is 1. The molecule has 2 aliphatic rings. The number of rotatable bonds is 7. The number of aryl methyl sites for hydroxylation is 1. The number of hydrogen-bond donors (Lipinski definition) is 2. The zero-order valence-corrected chi connectivity index (χ0v) is 17.9. The minimum atomic E-state index is -0.852. The number of aliphatic imine (C=N–C) groups is 1. The van der Waals surface area contributed by atoms with Crippen LogP contribution in [0, 0.1) is 5.92 Å². The van der Waals surface area contributed by atoms with Crippen LogP contribution in [0.25, 0.3) is 0 Å². The number of guanidine groups is 1. The third kappa shape index (κ3) is 4.85. The highest BCUT2D eigenvalue weighted by Gasteiger charge is 2.36. The van der Waals surface area contributed by atoms with Gasteiger partial charge in [0.05, 0.1) is 19.8 Å². The predicted octanol–water partition coefficient (Wildman–Crippen LogP) is 3.32. The number of aliphatic hydroxyl groups is 1. The number of nitrogens with zero attached hydrogens (tertiary/aromatic N) is 2. The summed E-state index contributed by atoms with van der Waals surface area (Å²) in [7, 11) is 0. The first-order valence-corrected chi connectivity index (χ1v) is 11.1. The first-order chi connectivity index (χ1) is 14.7. The summed E-state index contributed by atoms with van der Waals surface area (Å²) >= 11 is 0. The van der Waals surface area contributed by atoms with Gasteiger partial charge in [-0.3, -0.25) is 0 Å². The van der Waals surface area contributed by atoms with Gasteiger partial charge in [0.1, 0.15) is 5.60 Å². The van der Waals surface area contributed by atoms with E-state index in [9.17, 15) is 5.11 Å². The van der Waals surface area contributed by atoms with Crippen molar-refractivity contribution in [1.82, 2.24) is 10.2 Å². The van der Waals surface area contributed by atoms with Crippen molar-refractivity contribution in [3.05, 3.63) is 71.3 Å². The summed E-state index contributed by atoms with van der Waals surface area (Å²) in [5, 5.41) is 14.6. The zero-order chi connectivity index (χ0) is 20.8. The van der Waals surface area contributed by atoms with Crippen molar-refractivity contribution in [2.45, 2.75) is 38.4 Å². The van der Waals surface area contributed by atoms with Gasteiger partial charge < -0.3 is 20.1 Å². The fourth-order valence-corrected chi connectivity index (χ4v) is 4.54. The lowest BCUT2D eigenvalue weighted by atomic mass is 9.96. The van der Waals surface area contributed by atoms with Crippen molar-refractivity contribution in [2.75, 3.05) is 32.8 Å². The van der Waals surface area contributed by atoms with E-state index in [-0.39, 0.29) is 0 Å². The number of likely N-dealkylation sites (tertiary alicyclic amines) is 1. The van der Waals surface area contributed by atoms with Gasteiger partial charge in [-0.1, -0.05) is 54.6 Å². The van der Waals surface area contributed by atoms with Gasteiger partial charge in [0.15, 0.2) is 5.96 Å². The van der Waals surface area contributed by atoms with Crippen molar-refractivity contribution >= 4 is 5.96 Å². The molecule has 0 saturated carbocycles. The Bertz CT molecular complexity index is 854. The molecule has 30 heavy (non-hydrogen) atoms. The lowest BCUT2D eigenvalue weighted by molar-refractivity contribution is 0.0483. The molecule has 2 aromatic carbocycles. The molecule has 4 rings (SSSR count). The van der Waals surface area contributed by atoms with Gasteiger partial charge in [0.2, 0.25) is 0 Å². The Hall–Kier alpha value is -2.37. The van der Waals surface area contributed by atoms with Crippen molar-refractivity contribution in [1.29, 1.82) is 0 Å². The summed E-state index contributed by atoms with van der Waals surface area (Å²) < 4.78 is 5.96. The maximum absolute atomic E-state index is 11.2. The average molecular weight is 408 g/mol. The minimum Gasteiger partial charge on any atom is -0.383 e. The van der Waals surface area contributed by atoms with Crippen LogP contribution in [0.15, 0.2) is 59.6 Å². The number of ether oxygens (including phenoxy) is 1. The molecule has 0 bridgehead atoms. The van der Waals surface area contributed by atoms with E-state index in [0.29, 0.717) is 19.1 Å². The largest absolute Gasteiger partial charge is 0.383 e. The quantitative estimate of drug-likeness (QED) is 0.546. The Morgan fingerprint density at radius 1 is 1.20 bits per heavy atom. The van der Waals surface area contributed by atoms with Crippen LogP contribution in [0.1, 0.15) is 36.5 Å². The maximum Gasteiger partial charge on any atom is 0.194 e. The molecule has 1 saturated heterocycles. The minimum absolute atomic E-state index is 0.401. The van der Waals surface area contributed by atoms with E-state index in [1.54, 1.807) is 0 Å². The van der Waals surface area contributed by atoms with E-state index in [4.69, 9.17) is 9.73 Å². The topological polar surface area (TPSA) is 57.1 Å². The molecule has 1 fully saturated rings. The molecule has 5 heteroatoms. The van der Waals surface area contributed by atoms with Gasteiger partial charge in [-0.25, -0.2) is 4.99 Å². The molecule has 160 valence electrons. The smallest absolute Gasteiger partial charge is 0.194 e. The Morgan fingerprint density at radius 2 is 2.00 bits per heavy atom. The van der Waals surface area contributed by atoms with E-state index < -0.39 is 5.60 Å². The number of hydrogen-bond acceptors (Lipinski definition) is 3. The standard InChI is InChI=1S/C25H33N3O2/c1-2-26-24(27-19-25(29)14-12-22-10-6-7-11-23(22)25)28-15-13-21(16-28)18-30-17-20-8-4-3-5-9-20/h3-11,21,29H,2,12-19H2,1H3,(H,26,27). The highest BCUT2D eigenvalue weighted by atomic mass is 16.5. The maximum atomic E-state index is 11.2. The van der Waals surface area contributed by atoms with Gasteiger partial charge in [-0.15, -0.1) is 0 Å². The summed E-state index contributed by atoms with van der Waals surface area (Å²) in [6.07, 6.45) is 2.76. The Kier molecular flexibility index (Phi) is 6.70. The molecule has 0 amide bonds. The monoisotopic (exact) mass is 407 g/mol. The first kappa shape index (κ1) is 20.9. The van der Waals surface area contributed by atoms with Crippen molar-refractivity contribution in [3.8, 4) is 0 Å². The highest BCUT2D eigenvalue weighted by Crippen LogP contribution is 2.37. The second-order valence-electron chi connectivity index (χ2n) is 8.46. The van der Waals surface area contributed by atoms with Gasteiger partial charge in [0, 0.05) is 25.6 Å². The SMILES string of the molecule is CCNC(=NCC1(O)CCc2ccccc21)N1CCC(COCc2ccccc2)C1. The molecule has 2 N–H and O–H groups in total. The van der Waals surface area contributed by atoms with E-state index in [1.807, 2.05) is 36.4 Å². The van der Waals surface area contributed by atoms with Crippen molar-refractivity contribution in [2.24, 2.45) is 10.9 Å². The molecule has 1 aliphatic heterocycles. The van der Waals surface area contributed by atoms with Crippen LogP contribution in [0.4, 0.5) is 0 Å². The molecule has 0 aromatic heterocycles. The van der Waals surface area contributed by atoms with Gasteiger partial charge >= 0.3 is 0 Å². The Labute approximate surface area is 179 Å². The first-order valence-electron chi connectivity index (χ1n) is 11.1. The molecule has 0 radical (unpaired) electrons. The van der Waals surface area contributed by atoms with Crippen LogP contribution in [-0.2, 0) is 23.4 Å². The highest BCUT2D eigenvalue weighted by molar-refractivity contribution is 5.80. The molecule has 2 atom stereocenters. The summed E-state index contributed by atoms with van der Waals surface area (Å²) in [6.45, 7) is 6.65. The van der Waals surface area contributed by atoms with E-state index >= 15 is 0 Å². The fraction of sp³-hybridized carbons (Fsp3) is 0.480.